The van der Waals surface area contributed by atoms with Crippen LogP contribution >= 0.6 is 22.9 Å². The lowest BCUT2D eigenvalue weighted by Gasteiger charge is -2.39. The number of rotatable bonds is 4. The summed E-state index contributed by atoms with van der Waals surface area (Å²) in [5.74, 6) is -2.67. The van der Waals surface area contributed by atoms with Gasteiger partial charge in [0.25, 0.3) is 10.0 Å². The molecule has 1 aromatic rings. The zero-order valence-electron chi connectivity index (χ0n) is 14.1. The molecule has 1 amide bonds. The van der Waals surface area contributed by atoms with Crippen molar-refractivity contribution in [1.29, 1.82) is 0 Å². The standard InChI is InChI=1S/C16H21ClN2O5S2/c17-13-5-6-14(25-13)26(23,24)19-9-7-18(8-10-19)15(20)11-3-1-2-4-12(11)16(21)22/h5-6,11-12H,1-4,7-10H2,(H,21,22)/p-1/t11-,12+/m0/s1. The van der Waals surface area contributed by atoms with Crippen LogP contribution in [-0.4, -0.2) is 55.7 Å². The summed E-state index contributed by atoms with van der Waals surface area (Å²) in [6, 6.07) is 3.02. The van der Waals surface area contributed by atoms with Crippen molar-refractivity contribution in [3.8, 4) is 0 Å². The summed E-state index contributed by atoms with van der Waals surface area (Å²) >= 11 is 6.83. The highest BCUT2D eigenvalue weighted by Gasteiger charge is 2.37. The zero-order valence-corrected chi connectivity index (χ0v) is 16.5. The Morgan fingerprint density at radius 3 is 2.23 bits per heavy atom. The number of carbonyl (C=O) groups is 2. The number of carbonyl (C=O) groups excluding carboxylic acids is 2. The van der Waals surface area contributed by atoms with Gasteiger partial charge in [-0.15, -0.1) is 11.3 Å². The smallest absolute Gasteiger partial charge is 0.252 e. The fourth-order valence-electron chi connectivity index (χ4n) is 3.66. The first-order valence-electron chi connectivity index (χ1n) is 8.56. The van der Waals surface area contributed by atoms with E-state index in [2.05, 4.69) is 0 Å². The Balaban J connectivity index is 1.64. The number of piperazine rings is 1. The zero-order chi connectivity index (χ0) is 18.9. The van der Waals surface area contributed by atoms with E-state index in [1.165, 1.54) is 10.4 Å². The van der Waals surface area contributed by atoms with Gasteiger partial charge in [-0.3, -0.25) is 4.79 Å². The van der Waals surface area contributed by atoms with Gasteiger partial charge in [0.1, 0.15) is 4.21 Å². The molecule has 26 heavy (non-hydrogen) atoms. The van der Waals surface area contributed by atoms with E-state index < -0.39 is 27.8 Å². The average molecular weight is 420 g/mol. The minimum Gasteiger partial charge on any atom is -0.550 e. The summed E-state index contributed by atoms with van der Waals surface area (Å²) in [5.41, 5.74) is 0. The second-order valence-corrected chi connectivity index (χ2v) is 10.5. The third-order valence-corrected chi connectivity index (χ3v) is 8.68. The van der Waals surface area contributed by atoms with Gasteiger partial charge in [0.15, 0.2) is 0 Å². The molecule has 0 unspecified atom stereocenters. The van der Waals surface area contributed by atoms with Crippen LogP contribution in [0, 0.1) is 11.8 Å². The predicted octanol–water partition coefficient (Wildman–Crippen LogP) is 0.791. The molecule has 0 N–H and O–H groups in total. The van der Waals surface area contributed by atoms with Crippen molar-refractivity contribution < 1.29 is 23.1 Å². The van der Waals surface area contributed by atoms with Crippen molar-refractivity contribution in [2.45, 2.75) is 29.9 Å². The Bertz CT molecular complexity index is 786. The van der Waals surface area contributed by atoms with Crippen molar-refractivity contribution in [3.63, 3.8) is 0 Å². The molecule has 1 aliphatic heterocycles. The fourth-order valence-corrected chi connectivity index (χ4v) is 6.71. The van der Waals surface area contributed by atoms with Crippen LogP contribution < -0.4 is 5.11 Å². The van der Waals surface area contributed by atoms with Crippen molar-refractivity contribution in [1.82, 2.24) is 9.21 Å². The second kappa shape index (κ2) is 7.84. The molecule has 1 saturated carbocycles. The van der Waals surface area contributed by atoms with Gasteiger partial charge in [0.05, 0.1) is 4.34 Å². The minimum absolute atomic E-state index is 0.187. The number of thiophene rings is 1. The highest BCUT2D eigenvalue weighted by atomic mass is 35.5. The number of aliphatic carboxylic acids is 1. The Morgan fingerprint density at radius 1 is 1.08 bits per heavy atom. The molecule has 2 atom stereocenters. The first kappa shape index (κ1) is 19.6. The Labute approximate surface area is 161 Å². The molecule has 1 saturated heterocycles. The number of sulfonamides is 1. The normalized spacial score (nSPS) is 25.2. The molecule has 0 radical (unpaired) electrons. The van der Waals surface area contributed by atoms with Gasteiger partial charge in [-0.2, -0.15) is 4.31 Å². The maximum absolute atomic E-state index is 12.7. The first-order valence-corrected chi connectivity index (χ1v) is 11.2. The van der Waals surface area contributed by atoms with Gasteiger partial charge in [0.2, 0.25) is 5.91 Å². The number of carboxylic acids is 1. The van der Waals surface area contributed by atoms with Gasteiger partial charge < -0.3 is 14.8 Å². The summed E-state index contributed by atoms with van der Waals surface area (Å²) < 4.78 is 27.2. The quantitative estimate of drug-likeness (QED) is 0.718. The largest absolute Gasteiger partial charge is 0.550 e. The third kappa shape index (κ3) is 3.90. The Morgan fingerprint density at radius 2 is 1.69 bits per heavy atom. The monoisotopic (exact) mass is 419 g/mol. The van der Waals surface area contributed by atoms with E-state index >= 15 is 0 Å². The molecule has 3 rings (SSSR count). The van der Waals surface area contributed by atoms with E-state index in [1.54, 1.807) is 11.0 Å². The highest BCUT2D eigenvalue weighted by molar-refractivity contribution is 7.91. The molecular weight excluding hydrogens is 400 g/mol. The van der Waals surface area contributed by atoms with Crippen molar-refractivity contribution in [3.05, 3.63) is 16.5 Å². The molecule has 0 bridgehead atoms. The van der Waals surface area contributed by atoms with E-state index in [-0.39, 0.29) is 36.3 Å². The molecule has 1 aliphatic carbocycles. The van der Waals surface area contributed by atoms with Gasteiger partial charge in [-0.25, -0.2) is 8.42 Å². The van der Waals surface area contributed by atoms with Crippen LogP contribution in [0.5, 0.6) is 0 Å². The lowest BCUT2D eigenvalue weighted by atomic mass is 9.78. The highest BCUT2D eigenvalue weighted by Crippen LogP contribution is 2.32. The molecule has 2 heterocycles. The van der Waals surface area contributed by atoms with Gasteiger partial charge >= 0.3 is 0 Å². The van der Waals surface area contributed by atoms with Crippen molar-refractivity contribution in [2.24, 2.45) is 11.8 Å². The van der Waals surface area contributed by atoms with Crippen LogP contribution in [0.2, 0.25) is 4.34 Å². The van der Waals surface area contributed by atoms with E-state index in [9.17, 15) is 23.1 Å². The van der Waals surface area contributed by atoms with Crippen LogP contribution in [0.25, 0.3) is 0 Å². The van der Waals surface area contributed by atoms with E-state index in [4.69, 9.17) is 11.6 Å². The number of amides is 1. The molecule has 10 heteroatoms. The molecule has 0 aromatic carbocycles. The summed E-state index contributed by atoms with van der Waals surface area (Å²) in [6.07, 6.45) is 2.63. The molecule has 1 aromatic heterocycles. The summed E-state index contributed by atoms with van der Waals surface area (Å²) in [5, 5.41) is 11.3. The molecule has 144 valence electrons. The van der Waals surface area contributed by atoms with Crippen LogP contribution in [0.15, 0.2) is 16.3 Å². The summed E-state index contributed by atoms with van der Waals surface area (Å²) in [6.45, 7) is 0.888. The number of hydrogen-bond donors (Lipinski definition) is 0. The van der Waals surface area contributed by atoms with Crippen LogP contribution in [0.1, 0.15) is 25.7 Å². The lowest BCUT2D eigenvalue weighted by molar-refractivity contribution is -0.314. The Hall–Kier alpha value is -1.16. The van der Waals surface area contributed by atoms with Gasteiger partial charge in [-0.1, -0.05) is 24.4 Å². The molecule has 2 aliphatic rings. The Kier molecular flexibility index (Phi) is 5.91. The average Bonchev–Trinajstić information content (AvgIpc) is 3.08. The lowest BCUT2D eigenvalue weighted by Crippen LogP contribution is -2.53. The van der Waals surface area contributed by atoms with E-state index in [0.717, 1.165) is 24.2 Å². The number of halogens is 1. The van der Waals surface area contributed by atoms with Crippen LogP contribution in [-0.2, 0) is 19.6 Å². The molecule has 0 spiro atoms. The molecular formula is C16H20ClN2O5S2-. The minimum atomic E-state index is -3.61. The molecule has 7 nitrogen and oxygen atoms in total. The van der Waals surface area contributed by atoms with Crippen molar-refractivity contribution >= 4 is 44.8 Å². The topological polar surface area (TPSA) is 97.8 Å². The van der Waals surface area contributed by atoms with E-state index in [0.29, 0.717) is 17.2 Å². The van der Waals surface area contributed by atoms with Gasteiger partial charge in [-0.05, 0) is 25.0 Å². The maximum atomic E-state index is 12.7. The number of nitrogens with zero attached hydrogens (tertiary/aromatic N) is 2. The number of hydrogen-bond acceptors (Lipinski definition) is 6. The van der Waals surface area contributed by atoms with Gasteiger partial charge in [0, 0.05) is 44.0 Å². The summed E-state index contributed by atoms with van der Waals surface area (Å²) in [4.78, 5) is 25.6. The maximum Gasteiger partial charge on any atom is 0.252 e. The fraction of sp³-hybridized carbons (Fsp3) is 0.625. The van der Waals surface area contributed by atoms with E-state index in [1.807, 2.05) is 0 Å². The first-order chi connectivity index (χ1) is 12.3. The predicted molar refractivity (Wildman–Crippen MR) is 95.1 cm³/mol. The number of carboxylic acid groups (broad SMARTS) is 1. The SMILES string of the molecule is O=C([O-])[C@@H]1CCCC[C@@H]1C(=O)N1CCN(S(=O)(=O)c2ccc(Cl)s2)CC1. The van der Waals surface area contributed by atoms with Crippen LogP contribution in [0.3, 0.4) is 0 Å². The third-order valence-electron chi connectivity index (χ3n) is 5.08. The van der Waals surface area contributed by atoms with Crippen LogP contribution in [0.4, 0.5) is 0 Å². The molecule has 2 fully saturated rings. The summed E-state index contributed by atoms with van der Waals surface area (Å²) in [7, 11) is -3.61. The second-order valence-electron chi connectivity index (χ2n) is 6.60. The van der Waals surface area contributed by atoms with Crippen molar-refractivity contribution in [2.75, 3.05) is 26.2 Å².